The SMILES string of the molecule is Cc1ccc(N2C(=O)C(O)=C(C(=O)c3cccs3)C2c2c(C)[nH]c3ccccc23)cc1C. The van der Waals surface area contributed by atoms with Crippen molar-refractivity contribution >= 4 is 39.6 Å². The van der Waals surface area contributed by atoms with Crippen molar-refractivity contribution in [2.24, 2.45) is 0 Å². The number of rotatable bonds is 4. The molecule has 2 aromatic carbocycles. The highest BCUT2D eigenvalue weighted by Crippen LogP contribution is 2.45. The van der Waals surface area contributed by atoms with E-state index in [4.69, 9.17) is 0 Å². The molecule has 6 heteroatoms. The molecule has 1 unspecified atom stereocenters. The van der Waals surface area contributed by atoms with Crippen molar-refractivity contribution in [1.82, 2.24) is 4.98 Å². The van der Waals surface area contributed by atoms with Gasteiger partial charge in [-0.3, -0.25) is 14.5 Å². The van der Waals surface area contributed by atoms with Crippen LogP contribution in [0, 0.1) is 20.8 Å². The maximum absolute atomic E-state index is 13.5. The lowest BCUT2D eigenvalue weighted by atomic mass is 9.93. The van der Waals surface area contributed by atoms with E-state index in [9.17, 15) is 14.7 Å². The fourth-order valence-corrected chi connectivity index (χ4v) is 5.12. The number of nitrogens with one attached hydrogen (secondary N) is 1. The molecular formula is C26H22N2O3S. The van der Waals surface area contributed by atoms with Crippen LogP contribution < -0.4 is 4.90 Å². The molecule has 1 aliphatic heterocycles. The number of nitrogens with zero attached hydrogens (tertiary/aromatic N) is 1. The fourth-order valence-electron chi connectivity index (χ4n) is 4.44. The molecule has 160 valence electrons. The minimum absolute atomic E-state index is 0.114. The van der Waals surface area contributed by atoms with Crippen LogP contribution in [0.2, 0.25) is 0 Å². The molecule has 5 rings (SSSR count). The maximum atomic E-state index is 13.5. The number of aromatic nitrogens is 1. The molecule has 2 N–H and O–H groups in total. The van der Waals surface area contributed by atoms with Gasteiger partial charge in [-0.25, -0.2) is 0 Å². The monoisotopic (exact) mass is 442 g/mol. The van der Waals surface area contributed by atoms with Crippen LogP contribution in [0.25, 0.3) is 10.9 Å². The first-order valence-corrected chi connectivity index (χ1v) is 11.3. The fraction of sp³-hybridized carbons (Fsp3) is 0.154. The standard InChI is InChI=1S/C26H22N2O3S/c1-14-10-11-17(13-15(14)2)28-23(21-16(3)27-19-8-5-4-7-18(19)21)22(25(30)26(28)31)24(29)20-9-6-12-32-20/h4-13,23,27,30H,1-3H3. The van der Waals surface area contributed by atoms with E-state index >= 15 is 0 Å². The van der Waals surface area contributed by atoms with Crippen LogP contribution in [0.5, 0.6) is 0 Å². The third kappa shape index (κ3) is 2.99. The normalized spacial score (nSPS) is 16.4. The molecular weight excluding hydrogens is 420 g/mol. The van der Waals surface area contributed by atoms with Crippen molar-refractivity contribution in [2.45, 2.75) is 26.8 Å². The Bertz CT molecular complexity index is 1410. The Balaban J connectivity index is 1.78. The summed E-state index contributed by atoms with van der Waals surface area (Å²) in [6.07, 6.45) is 0. The topological polar surface area (TPSA) is 73.4 Å². The molecule has 1 atom stereocenters. The molecule has 0 aliphatic carbocycles. The molecule has 5 nitrogen and oxygen atoms in total. The van der Waals surface area contributed by atoms with Gasteiger partial charge < -0.3 is 10.1 Å². The summed E-state index contributed by atoms with van der Waals surface area (Å²) >= 11 is 1.30. The number of anilines is 1. The molecule has 1 amide bonds. The summed E-state index contributed by atoms with van der Waals surface area (Å²) in [7, 11) is 0. The van der Waals surface area contributed by atoms with Crippen LogP contribution in [0.15, 0.2) is 71.3 Å². The number of Topliss-reactive ketones (excluding diaryl/α,β-unsaturated/α-hetero) is 1. The molecule has 1 aliphatic rings. The Hall–Kier alpha value is -3.64. The summed E-state index contributed by atoms with van der Waals surface area (Å²) in [5, 5.41) is 13.7. The highest BCUT2D eigenvalue weighted by molar-refractivity contribution is 7.12. The number of benzene rings is 2. The van der Waals surface area contributed by atoms with E-state index in [-0.39, 0.29) is 11.4 Å². The van der Waals surface area contributed by atoms with Crippen molar-refractivity contribution in [3.8, 4) is 0 Å². The van der Waals surface area contributed by atoms with Gasteiger partial charge in [0.2, 0.25) is 5.78 Å². The number of aromatic amines is 1. The van der Waals surface area contributed by atoms with Gasteiger partial charge in [0.05, 0.1) is 16.5 Å². The molecule has 0 bridgehead atoms. The number of aliphatic hydroxyl groups is 1. The van der Waals surface area contributed by atoms with Crippen molar-refractivity contribution in [3.63, 3.8) is 0 Å². The number of amides is 1. The predicted molar refractivity (Wildman–Crippen MR) is 127 cm³/mol. The Morgan fingerprint density at radius 3 is 2.53 bits per heavy atom. The van der Waals surface area contributed by atoms with E-state index in [1.807, 2.05) is 68.6 Å². The maximum Gasteiger partial charge on any atom is 0.294 e. The molecule has 0 saturated carbocycles. The number of aliphatic hydroxyl groups excluding tert-OH is 1. The Morgan fingerprint density at radius 2 is 1.81 bits per heavy atom. The number of carbonyl (C=O) groups is 2. The smallest absolute Gasteiger partial charge is 0.294 e. The van der Waals surface area contributed by atoms with E-state index in [1.165, 1.54) is 11.3 Å². The number of H-pyrrole nitrogens is 1. The molecule has 0 radical (unpaired) electrons. The van der Waals surface area contributed by atoms with Gasteiger partial charge in [-0.15, -0.1) is 11.3 Å². The summed E-state index contributed by atoms with van der Waals surface area (Å²) in [6, 6.07) is 16.3. The zero-order chi connectivity index (χ0) is 22.6. The predicted octanol–water partition coefficient (Wildman–Crippen LogP) is 5.94. The number of aryl methyl sites for hydroxylation is 3. The summed E-state index contributed by atoms with van der Waals surface area (Å²) in [6.45, 7) is 5.92. The quantitative estimate of drug-likeness (QED) is 0.384. The summed E-state index contributed by atoms with van der Waals surface area (Å²) in [4.78, 5) is 32.3. The lowest BCUT2D eigenvalue weighted by Gasteiger charge is -2.27. The van der Waals surface area contributed by atoms with E-state index in [0.29, 0.717) is 10.6 Å². The van der Waals surface area contributed by atoms with Crippen molar-refractivity contribution in [2.75, 3.05) is 4.90 Å². The first kappa shape index (κ1) is 20.3. The van der Waals surface area contributed by atoms with Crippen molar-refractivity contribution < 1.29 is 14.7 Å². The Morgan fingerprint density at radius 1 is 1.03 bits per heavy atom. The number of fused-ring (bicyclic) bond motifs is 1. The Labute approximate surface area is 189 Å². The van der Waals surface area contributed by atoms with Gasteiger partial charge in [0.1, 0.15) is 0 Å². The van der Waals surface area contributed by atoms with Crippen LogP contribution in [-0.2, 0) is 4.79 Å². The zero-order valence-corrected chi connectivity index (χ0v) is 18.8. The lowest BCUT2D eigenvalue weighted by molar-refractivity contribution is -0.117. The summed E-state index contributed by atoms with van der Waals surface area (Å²) in [5.74, 6) is -1.38. The second kappa shape index (κ2) is 7.50. The lowest BCUT2D eigenvalue weighted by Crippen LogP contribution is -2.31. The van der Waals surface area contributed by atoms with E-state index in [1.54, 1.807) is 17.0 Å². The minimum atomic E-state index is -0.740. The molecule has 3 heterocycles. The number of hydrogen-bond acceptors (Lipinski definition) is 4. The molecule has 0 spiro atoms. The van der Waals surface area contributed by atoms with E-state index in [2.05, 4.69) is 4.98 Å². The average Bonchev–Trinajstić information content (AvgIpc) is 3.47. The molecule has 2 aromatic heterocycles. The Kier molecular flexibility index (Phi) is 4.75. The average molecular weight is 443 g/mol. The molecule has 0 saturated heterocycles. The second-order valence-corrected chi connectivity index (χ2v) is 9.07. The van der Waals surface area contributed by atoms with Gasteiger partial charge in [-0.05, 0) is 61.5 Å². The van der Waals surface area contributed by atoms with Crippen LogP contribution in [0.1, 0.15) is 38.1 Å². The van der Waals surface area contributed by atoms with Crippen molar-refractivity contribution in [1.29, 1.82) is 0 Å². The third-order valence-corrected chi connectivity index (χ3v) is 7.05. The second-order valence-electron chi connectivity index (χ2n) is 8.12. The van der Waals surface area contributed by atoms with Crippen molar-refractivity contribution in [3.05, 3.63) is 98.6 Å². The summed E-state index contributed by atoms with van der Waals surface area (Å²) in [5.41, 5.74) is 5.48. The van der Waals surface area contributed by atoms with Gasteiger partial charge in [0.25, 0.3) is 5.91 Å². The van der Waals surface area contributed by atoms with Gasteiger partial charge in [0, 0.05) is 27.8 Å². The third-order valence-electron chi connectivity index (χ3n) is 6.18. The van der Waals surface area contributed by atoms with Gasteiger partial charge in [0.15, 0.2) is 5.76 Å². The van der Waals surface area contributed by atoms with Gasteiger partial charge >= 0.3 is 0 Å². The minimum Gasteiger partial charge on any atom is -0.503 e. The van der Waals surface area contributed by atoms with E-state index in [0.717, 1.165) is 33.3 Å². The number of hydrogen-bond donors (Lipinski definition) is 2. The number of ketones is 1. The summed E-state index contributed by atoms with van der Waals surface area (Å²) < 4.78 is 0. The number of para-hydroxylation sites is 1. The van der Waals surface area contributed by atoms with Crippen LogP contribution in [-0.4, -0.2) is 21.8 Å². The van der Waals surface area contributed by atoms with E-state index < -0.39 is 17.7 Å². The van der Waals surface area contributed by atoms with Crippen LogP contribution in [0.3, 0.4) is 0 Å². The van der Waals surface area contributed by atoms with Gasteiger partial charge in [-0.1, -0.05) is 30.3 Å². The zero-order valence-electron chi connectivity index (χ0n) is 18.0. The largest absolute Gasteiger partial charge is 0.503 e. The molecule has 4 aromatic rings. The van der Waals surface area contributed by atoms with Crippen LogP contribution in [0.4, 0.5) is 5.69 Å². The molecule has 32 heavy (non-hydrogen) atoms. The highest BCUT2D eigenvalue weighted by Gasteiger charge is 2.46. The first-order valence-electron chi connectivity index (χ1n) is 10.4. The van der Waals surface area contributed by atoms with Gasteiger partial charge in [-0.2, -0.15) is 0 Å². The number of thiophene rings is 1. The van der Waals surface area contributed by atoms with Crippen LogP contribution >= 0.6 is 11.3 Å². The number of carbonyl (C=O) groups excluding carboxylic acids is 2. The first-order chi connectivity index (χ1) is 15.4. The molecule has 0 fully saturated rings. The highest BCUT2D eigenvalue weighted by atomic mass is 32.1.